The molecule has 0 saturated heterocycles. The number of aromatic nitrogens is 1. The van der Waals surface area contributed by atoms with E-state index in [0.717, 1.165) is 16.9 Å². The highest BCUT2D eigenvalue weighted by Gasteiger charge is 2.09. The first-order valence-corrected chi connectivity index (χ1v) is 6.18. The van der Waals surface area contributed by atoms with E-state index in [4.69, 9.17) is 0 Å². The van der Waals surface area contributed by atoms with Gasteiger partial charge in [0.05, 0.1) is 12.2 Å². The zero-order chi connectivity index (χ0) is 13.7. The fourth-order valence-electron chi connectivity index (χ4n) is 1.90. The van der Waals surface area contributed by atoms with Crippen LogP contribution in [-0.4, -0.2) is 17.9 Å². The van der Waals surface area contributed by atoms with E-state index >= 15 is 0 Å². The first kappa shape index (κ1) is 13.1. The minimum Gasteiger partial charge on any atom is -0.379 e. The van der Waals surface area contributed by atoms with Crippen LogP contribution in [0.4, 0.5) is 5.69 Å². The van der Waals surface area contributed by atoms with Crippen molar-refractivity contribution in [2.45, 2.75) is 13.5 Å². The Kier molecular flexibility index (Phi) is 4.13. The summed E-state index contributed by atoms with van der Waals surface area (Å²) in [5.41, 5.74) is 3.55. The lowest BCUT2D eigenvalue weighted by Gasteiger charge is -2.12. The Hall–Kier alpha value is -2.36. The molecule has 4 heteroatoms. The first-order valence-electron chi connectivity index (χ1n) is 6.18. The van der Waals surface area contributed by atoms with Gasteiger partial charge in [-0.25, -0.2) is 0 Å². The topological polar surface area (TPSA) is 54.0 Å². The molecule has 0 fully saturated rings. The lowest BCUT2D eigenvalue weighted by Crippen LogP contribution is -2.19. The number of nitrogens with zero attached hydrogens (tertiary/aromatic N) is 1. The van der Waals surface area contributed by atoms with E-state index in [2.05, 4.69) is 15.6 Å². The number of rotatable bonds is 4. The molecule has 1 aromatic heterocycles. The number of nitrogens with one attached hydrogen (secondary N) is 2. The maximum absolute atomic E-state index is 11.7. The van der Waals surface area contributed by atoms with E-state index in [0.29, 0.717) is 12.1 Å². The largest absolute Gasteiger partial charge is 0.379 e. The number of carbonyl (C=O) groups is 1. The van der Waals surface area contributed by atoms with Gasteiger partial charge in [-0.2, -0.15) is 0 Å². The molecular weight excluding hydrogens is 238 g/mol. The lowest BCUT2D eigenvalue weighted by atomic mass is 10.1. The van der Waals surface area contributed by atoms with E-state index in [1.165, 1.54) is 0 Å². The average molecular weight is 255 g/mol. The zero-order valence-corrected chi connectivity index (χ0v) is 11.1. The third-order valence-electron chi connectivity index (χ3n) is 2.99. The van der Waals surface area contributed by atoms with Crippen molar-refractivity contribution in [1.82, 2.24) is 10.3 Å². The molecule has 19 heavy (non-hydrogen) atoms. The van der Waals surface area contributed by atoms with Crippen LogP contribution in [-0.2, 0) is 6.54 Å². The molecule has 1 amide bonds. The van der Waals surface area contributed by atoms with Gasteiger partial charge < -0.3 is 10.6 Å². The van der Waals surface area contributed by atoms with Crippen molar-refractivity contribution in [2.75, 3.05) is 12.4 Å². The standard InChI is InChI=1S/C15H17N3O/c1-11-13(15(19)16-2)7-5-8-14(11)18-10-12-6-3-4-9-17-12/h3-9,18H,10H2,1-2H3,(H,16,19). The highest BCUT2D eigenvalue weighted by molar-refractivity contribution is 5.96. The Bertz CT molecular complexity index is 567. The van der Waals surface area contributed by atoms with Crippen molar-refractivity contribution in [3.8, 4) is 0 Å². The maximum Gasteiger partial charge on any atom is 0.251 e. The minimum atomic E-state index is -0.0704. The summed E-state index contributed by atoms with van der Waals surface area (Å²) in [5.74, 6) is -0.0704. The van der Waals surface area contributed by atoms with Crippen molar-refractivity contribution in [3.63, 3.8) is 0 Å². The second kappa shape index (κ2) is 6.00. The molecule has 1 aromatic carbocycles. The monoisotopic (exact) mass is 255 g/mol. The van der Waals surface area contributed by atoms with Gasteiger partial charge >= 0.3 is 0 Å². The van der Waals surface area contributed by atoms with Gasteiger partial charge in [0.1, 0.15) is 0 Å². The average Bonchev–Trinajstić information content (AvgIpc) is 2.46. The van der Waals surface area contributed by atoms with Gasteiger partial charge in [-0.1, -0.05) is 12.1 Å². The van der Waals surface area contributed by atoms with E-state index in [1.54, 1.807) is 13.2 Å². The van der Waals surface area contributed by atoms with Crippen LogP contribution < -0.4 is 10.6 Å². The van der Waals surface area contributed by atoms with Crippen LogP contribution in [0.15, 0.2) is 42.6 Å². The van der Waals surface area contributed by atoms with Crippen LogP contribution in [0.3, 0.4) is 0 Å². The van der Waals surface area contributed by atoms with Gasteiger partial charge in [-0.05, 0) is 36.8 Å². The van der Waals surface area contributed by atoms with Gasteiger partial charge in [-0.15, -0.1) is 0 Å². The summed E-state index contributed by atoms with van der Waals surface area (Å²) in [6.07, 6.45) is 1.77. The lowest BCUT2D eigenvalue weighted by molar-refractivity contribution is 0.0962. The van der Waals surface area contributed by atoms with Gasteiger partial charge in [0.2, 0.25) is 0 Å². The molecule has 0 aliphatic rings. The van der Waals surface area contributed by atoms with E-state index < -0.39 is 0 Å². The number of benzene rings is 1. The fourth-order valence-corrected chi connectivity index (χ4v) is 1.90. The highest BCUT2D eigenvalue weighted by Crippen LogP contribution is 2.19. The predicted octanol–water partition coefficient (Wildman–Crippen LogP) is 2.36. The van der Waals surface area contributed by atoms with Crippen LogP contribution >= 0.6 is 0 Å². The number of carbonyl (C=O) groups excluding carboxylic acids is 1. The highest BCUT2D eigenvalue weighted by atomic mass is 16.1. The SMILES string of the molecule is CNC(=O)c1cccc(NCc2ccccn2)c1C. The Morgan fingerprint density at radius 2 is 2.05 bits per heavy atom. The molecule has 98 valence electrons. The van der Waals surface area contributed by atoms with Crippen LogP contribution in [0.5, 0.6) is 0 Å². The van der Waals surface area contributed by atoms with Crippen LogP contribution in [0.1, 0.15) is 21.6 Å². The molecule has 0 unspecified atom stereocenters. The molecule has 0 bridgehead atoms. The Labute approximate surface area is 112 Å². The summed E-state index contributed by atoms with van der Waals surface area (Å²) >= 11 is 0. The van der Waals surface area contributed by atoms with E-state index in [-0.39, 0.29) is 5.91 Å². The molecule has 0 aliphatic heterocycles. The summed E-state index contributed by atoms with van der Waals surface area (Å²) in [4.78, 5) is 16.0. The maximum atomic E-state index is 11.7. The van der Waals surface area contributed by atoms with Crippen molar-refractivity contribution in [2.24, 2.45) is 0 Å². The molecule has 0 radical (unpaired) electrons. The molecular formula is C15H17N3O. The Morgan fingerprint density at radius 3 is 2.74 bits per heavy atom. The number of hydrogen-bond acceptors (Lipinski definition) is 3. The van der Waals surface area contributed by atoms with E-state index in [9.17, 15) is 4.79 Å². The molecule has 2 rings (SSSR count). The third-order valence-corrected chi connectivity index (χ3v) is 2.99. The molecule has 1 heterocycles. The van der Waals surface area contributed by atoms with E-state index in [1.807, 2.05) is 43.3 Å². The summed E-state index contributed by atoms with van der Waals surface area (Å²) in [6.45, 7) is 2.57. The summed E-state index contributed by atoms with van der Waals surface area (Å²) < 4.78 is 0. The number of hydrogen-bond donors (Lipinski definition) is 2. The van der Waals surface area contributed by atoms with Crippen LogP contribution in [0.2, 0.25) is 0 Å². The zero-order valence-electron chi connectivity index (χ0n) is 11.1. The first-order chi connectivity index (χ1) is 9.22. The molecule has 0 aliphatic carbocycles. The summed E-state index contributed by atoms with van der Waals surface area (Å²) in [6, 6.07) is 11.5. The Morgan fingerprint density at radius 1 is 1.21 bits per heavy atom. The van der Waals surface area contributed by atoms with Crippen molar-refractivity contribution >= 4 is 11.6 Å². The minimum absolute atomic E-state index is 0.0704. The second-order valence-electron chi connectivity index (χ2n) is 4.23. The van der Waals surface area contributed by atoms with Gasteiger partial charge in [0.15, 0.2) is 0 Å². The predicted molar refractivity (Wildman–Crippen MR) is 76.1 cm³/mol. The Balaban J connectivity index is 2.15. The molecule has 2 N–H and O–H groups in total. The normalized spacial score (nSPS) is 10.0. The van der Waals surface area contributed by atoms with Gasteiger partial charge in [-0.3, -0.25) is 9.78 Å². The summed E-state index contributed by atoms with van der Waals surface area (Å²) in [7, 11) is 1.63. The number of anilines is 1. The second-order valence-corrected chi connectivity index (χ2v) is 4.23. The third kappa shape index (κ3) is 3.10. The molecule has 0 spiro atoms. The van der Waals surface area contributed by atoms with Crippen molar-refractivity contribution in [3.05, 3.63) is 59.4 Å². The molecule has 2 aromatic rings. The quantitative estimate of drug-likeness (QED) is 0.881. The van der Waals surface area contributed by atoms with Gasteiger partial charge in [0, 0.05) is 24.5 Å². The van der Waals surface area contributed by atoms with Crippen LogP contribution in [0.25, 0.3) is 0 Å². The summed E-state index contributed by atoms with van der Waals surface area (Å²) in [5, 5.41) is 5.95. The fraction of sp³-hybridized carbons (Fsp3) is 0.200. The number of pyridine rings is 1. The molecule has 0 saturated carbocycles. The van der Waals surface area contributed by atoms with Crippen molar-refractivity contribution < 1.29 is 4.79 Å². The molecule has 4 nitrogen and oxygen atoms in total. The molecule has 0 atom stereocenters. The van der Waals surface area contributed by atoms with Gasteiger partial charge in [0.25, 0.3) is 5.91 Å². The number of amides is 1. The van der Waals surface area contributed by atoms with Crippen molar-refractivity contribution in [1.29, 1.82) is 0 Å². The van der Waals surface area contributed by atoms with Crippen LogP contribution in [0, 0.1) is 6.92 Å². The smallest absolute Gasteiger partial charge is 0.251 e.